The van der Waals surface area contributed by atoms with E-state index in [2.05, 4.69) is 43.1 Å². The average molecular weight is 343 g/mol. The number of nitrogens with zero attached hydrogens (tertiary/aromatic N) is 2. The summed E-state index contributed by atoms with van der Waals surface area (Å²) in [5.41, 5.74) is 4.52. The SMILES string of the molecule is CC(C)c1ccc(C[n+]2cccc3c2C(=O)C(=O)c2ncccc2-3)cc1. The molecule has 1 aliphatic carbocycles. The Morgan fingerprint density at radius 3 is 2.38 bits per heavy atom. The Hall–Kier alpha value is -3.14. The van der Waals surface area contributed by atoms with Gasteiger partial charge in [0, 0.05) is 23.4 Å². The van der Waals surface area contributed by atoms with Crippen LogP contribution in [0, 0.1) is 0 Å². The molecule has 4 rings (SSSR count). The molecule has 4 heteroatoms. The summed E-state index contributed by atoms with van der Waals surface area (Å²) in [5.74, 6) is -0.557. The van der Waals surface area contributed by atoms with Crippen LogP contribution in [-0.4, -0.2) is 16.6 Å². The summed E-state index contributed by atoms with van der Waals surface area (Å²) >= 11 is 0. The second kappa shape index (κ2) is 6.30. The molecular formula is C22H19N2O2+. The smallest absolute Gasteiger partial charge is 0.283 e. The minimum atomic E-state index is -0.539. The van der Waals surface area contributed by atoms with E-state index >= 15 is 0 Å². The first kappa shape index (κ1) is 16.3. The Morgan fingerprint density at radius 1 is 0.923 bits per heavy atom. The Bertz CT molecular complexity index is 1020. The van der Waals surface area contributed by atoms with Crippen LogP contribution in [0.5, 0.6) is 0 Å². The van der Waals surface area contributed by atoms with Crippen molar-refractivity contribution in [3.05, 3.63) is 83.4 Å². The molecule has 2 aromatic heterocycles. The van der Waals surface area contributed by atoms with Gasteiger partial charge in [-0.1, -0.05) is 44.2 Å². The van der Waals surface area contributed by atoms with Gasteiger partial charge in [0.1, 0.15) is 5.69 Å². The Balaban J connectivity index is 1.79. The molecule has 0 aliphatic heterocycles. The number of ketones is 2. The molecule has 4 nitrogen and oxygen atoms in total. The molecule has 0 atom stereocenters. The lowest BCUT2D eigenvalue weighted by Crippen LogP contribution is -2.44. The van der Waals surface area contributed by atoms with Crippen molar-refractivity contribution in [3.8, 4) is 11.1 Å². The van der Waals surface area contributed by atoms with Crippen molar-refractivity contribution in [2.75, 3.05) is 0 Å². The molecule has 2 heterocycles. The van der Waals surface area contributed by atoms with Crippen LogP contribution in [0.25, 0.3) is 11.1 Å². The molecule has 0 saturated carbocycles. The Morgan fingerprint density at radius 2 is 1.65 bits per heavy atom. The van der Waals surface area contributed by atoms with E-state index in [0.717, 1.165) is 16.7 Å². The summed E-state index contributed by atoms with van der Waals surface area (Å²) in [7, 11) is 0. The fourth-order valence-electron chi connectivity index (χ4n) is 3.38. The topological polar surface area (TPSA) is 50.9 Å². The highest BCUT2D eigenvalue weighted by molar-refractivity contribution is 6.51. The van der Waals surface area contributed by atoms with Gasteiger partial charge < -0.3 is 0 Å². The third-order valence-electron chi connectivity index (χ3n) is 4.80. The van der Waals surface area contributed by atoms with Crippen molar-refractivity contribution in [2.45, 2.75) is 26.3 Å². The molecule has 0 bridgehead atoms. The maximum atomic E-state index is 12.7. The minimum absolute atomic E-state index is 0.240. The molecule has 1 aromatic carbocycles. The minimum Gasteiger partial charge on any atom is -0.283 e. The highest BCUT2D eigenvalue weighted by atomic mass is 16.2. The number of carbonyl (C=O) groups is 2. The van der Waals surface area contributed by atoms with Crippen LogP contribution in [0.3, 0.4) is 0 Å². The number of benzene rings is 1. The summed E-state index contributed by atoms with van der Waals surface area (Å²) in [6, 6.07) is 15.8. The molecule has 26 heavy (non-hydrogen) atoms. The van der Waals surface area contributed by atoms with Crippen LogP contribution >= 0.6 is 0 Å². The van der Waals surface area contributed by atoms with E-state index in [0.29, 0.717) is 18.2 Å². The molecule has 0 spiro atoms. The van der Waals surface area contributed by atoms with Crippen molar-refractivity contribution in [3.63, 3.8) is 0 Å². The van der Waals surface area contributed by atoms with Gasteiger partial charge in [0.2, 0.25) is 0 Å². The van der Waals surface area contributed by atoms with Crippen LogP contribution in [-0.2, 0) is 6.54 Å². The van der Waals surface area contributed by atoms with Gasteiger partial charge in [-0.15, -0.1) is 0 Å². The zero-order valence-electron chi connectivity index (χ0n) is 14.8. The molecule has 0 amide bonds. The number of fused-ring (bicyclic) bond motifs is 3. The molecule has 3 aromatic rings. The maximum Gasteiger partial charge on any atom is 0.299 e. The van der Waals surface area contributed by atoms with Gasteiger partial charge in [0.15, 0.2) is 12.7 Å². The lowest BCUT2D eigenvalue weighted by molar-refractivity contribution is -0.689. The number of aromatic nitrogens is 2. The van der Waals surface area contributed by atoms with E-state index in [1.165, 1.54) is 5.56 Å². The van der Waals surface area contributed by atoms with Gasteiger partial charge in [0.05, 0.1) is 5.56 Å². The Labute approximate surface area is 152 Å². The van der Waals surface area contributed by atoms with Crippen LogP contribution in [0.1, 0.15) is 51.9 Å². The lowest BCUT2D eigenvalue weighted by Gasteiger charge is -2.15. The van der Waals surface area contributed by atoms with Gasteiger partial charge in [-0.3, -0.25) is 14.6 Å². The molecule has 0 N–H and O–H groups in total. The van der Waals surface area contributed by atoms with E-state index in [1.54, 1.807) is 12.3 Å². The maximum absolute atomic E-state index is 12.7. The largest absolute Gasteiger partial charge is 0.299 e. The summed E-state index contributed by atoms with van der Waals surface area (Å²) in [4.78, 5) is 29.3. The molecule has 0 fully saturated rings. The van der Waals surface area contributed by atoms with Gasteiger partial charge in [-0.2, -0.15) is 4.57 Å². The van der Waals surface area contributed by atoms with Crippen molar-refractivity contribution < 1.29 is 14.2 Å². The number of hydrogen-bond acceptors (Lipinski definition) is 3. The summed E-state index contributed by atoms with van der Waals surface area (Å²) in [6.07, 6.45) is 3.39. The second-order valence-corrected chi connectivity index (χ2v) is 6.85. The van der Waals surface area contributed by atoms with Crippen LogP contribution in [0.4, 0.5) is 0 Å². The first-order valence-corrected chi connectivity index (χ1v) is 8.72. The second-order valence-electron chi connectivity index (χ2n) is 6.85. The van der Waals surface area contributed by atoms with Gasteiger partial charge in [-0.05, 0) is 23.6 Å². The van der Waals surface area contributed by atoms with Gasteiger partial charge >= 0.3 is 0 Å². The van der Waals surface area contributed by atoms with Gasteiger partial charge in [0.25, 0.3) is 17.3 Å². The lowest BCUT2D eigenvalue weighted by atomic mass is 9.90. The first-order valence-electron chi connectivity index (χ1n) is 8.72. The highest BCUT2D eigenvalue weighted by Crippen LogP contribution is 2.30. The predicted octanol–water partition coefficient (Wildman–Crippen LogP) is 3.59. The highest BCUT2D eigenvalue weighted by Gasteiger charge is 2.38. The first-order chi connectivity index (χ1) is 12.6. The fourth-order valence-corrected chi connectivity index (χ4v) is 3.38. The monoisotopic (exact) mass is 343 g/mol. The zero-order valence-corrected chi connectivity index (χ0v) is 14.8. The number of rotatable bonds is 3. The van der Waals surface area contributed by atoms with Crippen molar-refractivity contribution in [2.24, 2.45) is 0 Å². The van der Waals surface area contributed by atoms with Crippen LogP contribution < -0.4 is 4.57 Å². The molecule has 0 radical (unpaired) electrons. The average Bonchev–Trinajstić information content (AvgIpc) is 2.66. The van der Waals surface area contributed by atoms with Crippen molar-refractivity contribution in [1.29, 1.82) is 0 Å². The summed E-state index contributed by atoms with van der Waals surface area (Å²) < 4.78 is 1.86. The standard InChI is InChI=1S/C22H19N2O2/c1-14(2)16-9-7-15(8-10-16)13-24-12-4-6-18-17-5-3-11-23-19(17)21(25)22(26)20(18)24/h3-12,14H,13H2,1-2H3/q+1. The number of carbonyl (C=O) groups excluding carboxylic acids is 2. The number of Topliss-reactive ketones (excluding diaryl/α,β-unsaturated/α-hetero) is 2. The van der Waals surface area contributed by atoms with Crippen molar-refractivity contribution in [1.82, 2.24) is 4.98 Å². The molecular weight excluding hydrogens is 324 g/mol. The van der Waals surface area contributed by atoms with Crippen molar-refractivity contribution >= 4 is 11.6 Å². The van der Waals surface area contributed by atoms with Gasteiger partial charge in [-0.25, -0.2) is 0 Å². The molecule has 1 aliphatic rings. The van der Waals surface area contributed by atoms with Crippen LogP contribution in [0.2, 0.25) is 0 Å². The van der Waals surface area contributed by atoms with E-state index < -0.39 is 11.6 Å². The molecule has 0 saturated heterocycles. The van der Waals surface area contributed by atoms with E-state index in [-0.39, 0.29) is 5.69 Å². The summed E-state index contributed by atoms with van der Waals surface area (Å²) in [5, 5.41) is 0. The number of pyridine rings is 2. The quantitative estimate of drug-likeness (QED) is 0.539. The Kier molecular flexibility index (Phi) is 3.96. The third-order valence-corrected chi connectivity index (χ3v) is 4.80. The third kappa shape index (κ3) is 2.64. The molecule has 0 unspecified atom stereocenters. The summed E-state index contributed by atoms with van der Waals surface area (Å²) in [6.45, 7) is 4.86. The molecule has 128 valence electrons. The van der Waals surface area contributed by atoms with E-state index in [1.807, 2.05) is 29.0 Å². The van der Waals surface area contributed by atoms with E-state index in [9.17, 15) is 9.59 Å². The normalized spacial score (nSPS) is 12.9. The predicted molar refractivity (Wildman–Crippen MR) is 98.2 cm³/mol. The van der Waals surface area contributed by atoms with Crippen LogP contribution in [0.15, 0.2) is 60.9 Å². The number of hydrogen-bond donors (Lipinski definition) is 0. The zero-order chi connectivity index (χ0) is 18.3. The van der Waals surface area contributed by atoms with E-state index in [4.69, 9.17) is 0 Å². The fraction of sp³-hybridized carbons (Fsp3) is 0.182.